The number of para-hydroxylation sites is 2. The number of hydrogen-bond acceptors (Lipinski definition) is 8. The fourth-order valence-electron chi connectivity index (χ4n) is 4.44. The normalized spacial score (nSPS) is 12.7. The topological polar surface area (TPSA) is 169 Å². The monoisotopic (exact) mass is 630 g/mol. The number of benzene rings is 3. The molecule has 5 aromatic rings. The number of nitrogens with zero attached hydrogens (tertiary/aromatic N) is 4. The van der Waals surface area contributed by atoms with Crippen LogP contribution in [0.2, 0.25) is 13.1 Å². The standard InChI is InChI=1S/C29H27FN8O2S2Si/c1-16-14-17(30)12-13-18(16)24(15-21-19-8-4-6-10-22(19)33-26(21)39)35-37-28(31)41-43(2,3)42-29(32)38-36-25-20-9-5-7-11-23(20)34-27(25)40/h4-15,31-34,39-40H,1-3H3/b24-15-,31-28?,32-29?,37-35?,38-36?. The van der Waals surface area contributed by atoms with Gasteiger partial charge in [0.2, 0.25) is 5.88 Å². The van der Waals surface area contributed by atoms with Gasteiger partial charge in [0.15, 0.2) is 28.3 Å². The Morgan fingerprint density at radius 3 is 2.14 bits per heavy atom. The van der Waals surface area contributed by atoms with Crippen molar-refractivity contribution >= 4 is 78.4 Å². The number of aromatic nitrogens is 2. The predicted octanol–water partition coefficient (Wildman–Crippen LogP) is 9.28. The molecule has 0 saturated heterocycles. The van der Waals surface area contributed by atoms with Crippen LogP contribution in [0.3, 0.4) is 0 Å². The van der Waals surface area contributed by atoms with Crippen LogP contribution in [-0.2, 0) is 0 Å². The summed E-state index contributed by atoms with van der Waals surface area (Å²) < 4.78 is 13.9. The van der Waals surface area contributed by atoms with E-state index in [1.807, 2.05) is 55.6 Å². The minimum atomic E-state index is -2.40. The van der Waals surface area contributed by atoms with Crippen molar-refractivity contribution in [1.82, 2.24) is 9.97 Å². The lowest BCUT2D eigenvalue weighted by Crippen LogP contribution is -2.20. The fourth-order valence-corrected chi connectivity index (χ4v) is 10.5. The number of rotatable bonds is 6. The Morgan fingerprint density at radius 1 is 0.837 bits per heavy atom. The van der Waals surface area contributed by atoms with E-state index in [-0.39, 0.29) is 33.6 Å². The largest absolute Gasteiger partial charge is 0.494 e. The third kappa shape index (κ3) is 6.93. The van der Waals surface area contributed by atoms with Gasteiger partial charge in [-0.3, -0.25) is 10.8 Å². The highest BCUT2D eigenvalue weighted by Gasteiger charge is 2.28. The van der Waals surface area contributed by atoms with Crippen LogP contribution < -0.4 is 0 Å². The molecule has 218 valence electrons. The number of nitrogens with one attached hydrogen (secondary N) is 4. The highest BCUT2D eigenvalue weighted by atomic mass is 32.6. The summed E-state index contributed by atoms with van der Waals surface area (Å²) >= 11 is 2.40. The van der Waals surface area contributed by atoms with Crippen LogP contribution in [0.5, 0.6) is 11.8 Å². The van der Waals surface area contributed by atoms with Gasteiger partial charge in [0.25, 0.3) is 0 Å². The van der Waals surface area contributed by atoms with Crippen molar-refractivity contribution in [3.05, 3.63) is 89.2 Å². The van der Waals surface area contributed by atoms with E-state index < -0.39 is 6.37 Å². The molecule has 0 radical (unpaired) electrons. The molecule has 0 spiro atoms. The minimum absolute atomic E-state index is 0.0447. The first-order valence-electron chi connectivity index (χ1n) is 13.0. The zero-order chi connectivity index (χ0) is 30.7. The Bertz CT molecular complexity index is 1960. The molecule has 0 bridgehead atoms. The molecule has 10 nitrogen and oxygen atoms in total. The average molecular weight is 631 g/mol. The summed E-state index contributed by atoms with van der Waals surface area (Å²) in [5.41, 5.74) is 3.77. The molecule has 0 fully saturated rings. The zero-order valence-electron chi connectivity index (χ0n) is 23.3. The Balaban J connectivity index is 1.34. The van der Waals surface area contributed by atoms with Crippen molar-refractivity contribution < 1.29 is 14.6 Å². The first-order chi connectivity index (χ1) is 20.5. The molecule has 43 heavy (non-hydrogen) atoms. The van der Waals surface area contributed by atoms with Crippen molar-refractivity contribution in [1.29, 1.82) is 10.8 Å². The predicted molar refractivity (Wildman–Crippen MR) is 176 cm³/mol. The number of amidine groups is 2. The van der Waals surface area contributed by atoms with Crippen LogP contribution in [0, 0.1) is 23.6 Å². The Hall–Kier alpha value is -4.53. The molecule has 0 amide bonds. The van der Waals surface area contributed by atoms with E-state index in [4.69, 9.17) is 10.8 Å². The molecule has 0 aliphatic rings. The van der Waals surface area contributed by atoms with E-state index in [2.05, 4.69) is 30.4 Å². The quantitative estimate of drug-likeness (QED) is 0.0476. The maximum atomic E-state index is 13.9. The second kappa shape index (κ2) is 12.4. The van der Waals surface area contributed by atoms with E-state index in [9.17, 15) is 14.6 Å². The van der Waals surface area contributed by atoms with Gasteiger partial charge in [0.1, 0.15) is 5.82 Å². The molecule has 0 aliphatic heterocycles. The lowest BCUT2D eigenvalue weighted by molar-refractivity contribution is 0.457. The smallest absolute Gasteiger partial charge is 0.218 e. The molecule has 0 unspecified atom stereocenters. The number of aromatic amines is 2. The first kappa shape index (κ1) is 29.9. The van der Waals surface area contributed by atoms with Gasteiger partial charge < -0.3 is 20.2 Å². The maximum Gasteiger partial charge on any atom is 0.218 e. The summed E-state index contributed by atoms with van der Waals surface area (Å²) in [6.45, 7) is 5.65. The SMILES string of the molecule is Cc1cc(F)ccc1/C(=C/c1c(O)[nH]c2ccccc12)N=NC(=N)S[Si](C)(C)SC(=N)N=Nc1c(O)[nH]c2ccccc12. The second-order valence-corrected chi connectivity index (χ2v) is 22.0. The molecule has 6 N–H and O–H groups in total. The summed E-state index contributed by atoms with van der Waals surface area (Å²) in [4.78, 5) is 5.77. The van der Waals surface area contributed by atoms with Gasteiger partial charge in [0.05, 0.1) is 11.2 Å². The molecule has 2 aromatic heterocycles. The van der Waals surface area contributed by atoms with Gasteiger partial charge in [-0.05, 0) is 48.9 Å². The molecular formula is C29H27FN8O2S2Si. The van der Waals surface area contributed by atoms with Crippen LogP contribution in [0.25, 0.3) is 33.6 Å². The molecule has 0 atom stereocenters. The van der Waals surface area contributed by atoms with Crippen molar-refractivity contribution in [2.45, 2.75) is 20.0 Å². The van der Waals surface area contributed by atoms with E-state index in [0.717, 1.165) is 10.9 Å². The Kier molecular flexibility index (Phi) is 8.61. The number of fused-ring (bicyclic) bond motifs is 2. The van der Waals surface area contributed by atoms with Crippen LogP contribution in [0.1, 0.15) is 16.7 Å². The highest BCUT2D eigenvalue weighted by molar-refractivity contribution is 8.66. The maximum absolute atomic E-state index is 13.9. The van der Waals surface area contributed by atoms with Gasteiger partial charge in [-0.25, -0.2) is 4.39 Å². The van der Waals surface area contributed by atoms with Gasteiger partial charge in [0, 0.05) is 27.4 Å². The molecule has 3 aromatic carbocycles. The highest BCUT2D eigenvalue weighted by Crippen LogP contribution is 2.38. The minimum Gasteiger partial charge on any atom is -0.494 e. The molecule has 14 heteroatoms. The summed E-state index contributed by atoms with van der Waals surface area (Å²) in [6, 6.07) is 19.0. The zero-order valence-corrected chi connectivity index (χ0v) is 25.9. The van der Waals surface area contributed by atoms with Crippen molar-refractivity contribution in [2.24, 2.45) is 20.5 Å². The van der Waals surface area contributed by atoms with Crippen molar-refractivity contribution in [2.75, 3.05) is 0 Å². The number of azo groups is 2. The molecule has 0 aliphatic carbocycles. The fraction of sp³-hybridized carbons (Fsp3) is 0.103. The average Bonchev–Trinajstić information content (AvgIpc) is 3.44. The molecular weight excluding hydrogens is 604 g/mol. The van der Waals surface area contributed by atoms with E-state index in [1.165, 1.54) is 34.6 Å². The van der Waals surface area contributed by atoms with E-state index in [0.29, 0.717) is 33.3 Å². The summed E-state index contributed by atoms with van der Waals surface area (Å²) in [7, 11) is 0. The third-order valence-electron chi connectivity index (χ3n) is 6.30. The molecule has 2 heterocycles. The van der Waals surface area contributed by atoms with Crippen molar-refractivity contribution in [3.8, 4) is 11.8 Å². The van der Waals surface area contributed by atoms with Gasteiger partial charge >= 0.3 is 0 Å². The van der Waals surface area contributed by atoms with Gasteiger partial charge in [-0.2, -0.15) is 0 Å². The second-order valence-electron chi connectivity index (χ2n) is 9.90. The van der Waals surface area contributed by atoms with Crippen LogP contribution in [-0.4, -0.2) is 36.9 Å². The molecule has 0 saturated carbocycles. The summed E-state index contributed by atoms with van der Waals surface area (Å²) in [5, 5.41) is 55.6. The third-order valence-corrected chi connectivity index (χ3v) is 13.4. The number of aromatic hydroxyl groups is 2. The van der Waals surface area contributed by atoms with E-state index in [1.54, 1.807) is 25.1 Å². The number of aryl methyl sites for hydroxylation is 1. The molecule has 5 rings (SSSR count). The number of halogens is 1. The first-order valence-corrected chi connectivity index (χ1v) is 19.0. The van der Waals surface area contributed by atoms with Crippen molar-refractivity contribution in [3.63, 3.8) is 0 Å². The lowest BCUT2D eigenvalue weighted by Gasteiger charge is -2.17. The Morgan fingerprint density at radius 2 is 1.44 bits per heavy atom. The Labute approximate surface area is 254 Å². The summed E-state index contributed by atoms with van der Waals surface area (Å²) in [5.74, 6) is -0.561. The van der Waals surface area contributed by atoms with Crippen LogP contribution >= 0.6 is 22.4 Å². The van der Waals surface area contributed by atoms with Gasteiger partial charge in [-0.1, -0.05) is 71.9 Å². The van der Waals surface area contributed by atoms with Gasteiger partial charge in [-0.15, -0.1) is 20.5 Å². The number of H-pyrrole nitrogens is 2. The number of hydrogen-bond donors (Lipinski definition) is 6. The van der Waals surface area contributed by atoms with Crippen LogP contribution in [0.15, 0.2) is 87.2 Å². The summed E-state index contributed by atoms with van der Waals surface area (Å²) in [6.07, 6.45) is -0.748. The van der Waals surface area contributed by atoms with Crippen LogP contribution in [0.4, 0.5) is 10.1 Å². The van der Waals surface area contributed by atoms with E-state index >= 15 is 0 Å². The lowest BCUT2D eigenvalue weighted by atomic mass is 10.0.